The van der Waals surface area contributed by atoms with Crippen LogP contribution in [0.3, 0.4) is 0 Å². The van der Waals surface area contributed by atoms with Gasteiger partial charge in [-0.25, -0.2) is 0 Å². The Kier molecular flexibility index (Phi) is 5.26. The van der Waals surface area contributed by atoms with E-state index < -0.39 is 17.7 Å². The number of rotatable bonds is 4. The molecule has 1 saturated heterocycles. The van der Waals surface area contributed by atoms with Crippen LogP contribution >= 0.6 is 22.9 Å². The van der Waals surface area contributed by atoms with Crippen LogP contribution in [0.25, 0.3) is 5.76 Å². The molecule has 0 aliphatic carbocycles. The second-order valence-corrected chi connectivity index (χ2v) is 8.39. The summed E-state index contributed by atoms with van der Waals surface area (Å²) in [6.07, 6.45) is 0. The number of hydrogen-bond donors (Lipinski definition) is 1. The Labute approximate surface area is 177 Å². The molecule has 2 heterocycles. The zero-order valence-electron chi connectivity index (χ0n) is 15.6. The maximum absolute atomic E-state index is 12.9. The Morgan fingerprint density at radius 1 is 1.07 bits per heavy atom. The van der Waals surface area contributed by atoms with Crippen molar-refractivity contribution in [3.05, 3.63) is 98.2 Å². The summed E-state index contributed by atoms with van der Waals surface area (Å²) in [5.74, 6) is -1.47. The molecular weight excluding hydrogens is 406 g/mol. The number of aryl methyl sites for hydroxylation is 1. The van der Waals surface area contributed by atoms with E-state index in [1.165, 1.54) is 16.2 Å². The highest BCUT2D eigenvalue weighted by molar-refractivity contribution is 7.09. The number of aliphatic hydroxyl groups is 1. The second-order valence-electron chi connectivity index (χ2n) is 6.92. The molecule has 1 aliphatic heterocycles. The second kappa shape index (κ2) is 7.85. The molecule has 0 bridgehead atoms. The average molecular weight is 424 g/mol. The molecule has 1 unspecified atom stereocenters. The number of benzene rings is 2. The van der Waals surface area contributed by atoms with Crippen LogP contribution in [-0.4, -0.2) is 21.7 Å². The number of Topliss-reactive ketones (excluding diaryl/α,β-unsaturated/α-hetero) is 1. The van der Waals surface area contributed by atoms with Gasteiger partial charge in [-0.2, -0.15) is 0 Å². The van der Waals surface area contributed by atoms with Crippen LogP contribution in [0.1, 0.15) is 27.6 Å². The fraction of sp³-hybridized carbons (Fsp3) is 0.130. The third kappa shape index (κ3) is 3.71. The van der Waals surface area contributed by atoms with E-state index in [1.54, 1.807) is 36.4 Å². The molecule has 29 heavy (non-hydrogen) atoms. The van der Waals surface area contributed by atoms with E-state index in [0.717, 1.165) is 16.0 Å². The number of halogens is 1. The molecule has 1 aliphatic rings. The van der Waals surface area contributed by atoms with Gasteiger partial charge in [-0.05, 0) is 36.1 Å². The number of carbonyl (C=O) groups excluding carboxylic acids is 2. The summed E-state index contributed by atoms with van der Waals surface area (Å²) < 4.78 is 0. The molecule has 4 nitrogen and oxygen atoms in total. The van der Waals surface area contributed by atoms with Gasteiger partial charge in [0.1, 0.15) is 5.76 Å². The number of thiophene rings is 1. The van der Waals surface area contributed by atoms with Gasteiger partial charge in [-0.1, -0.05) is 59.6 Å². The van der Waals surface area contributed by atoms with Gasteiger partial charge in [0, 0.05) is 15.5 Å². The summed E-state index contributed by atoms with van der Waals surface area (Å²) in [6, 6.07) is 17.3. The van der Waals surface area contributed by atoms with Crippen LogP contribution in [0, 0.1) is 6.92 Å². The minimum absolute atomic E-state index is 0.0951. The van der Waals surface area contributed by atoms with Gasteiger partial charge in [0.2, 0.25) is 0 Å². The molecular formula is C23H18ClNO3S. The lowest BCUT2D eigenvalue weighted by Crippen LogP contribution is -2.28. The minimum Gasteiger partial charge on any atom is -0.507 e. The number of nitrogens with zero attached hydrogens (tertiary/aromatic N) is 1. The molecule has 1 N–H and O–H groups in total. The zero-order chi connectivity index (χ0) is 20.5. The molecule has 6 heteroatoms. The van der Waals surface area contributed by atoms with Crippen molar-refractivity contribution in [2.45, 2.75) is 19.5 Å². The molecule has 1 amide bonds. The van der Waals surface area contributed by atoms with Crippen molar-refractivity contribution in [3.8, 4) is 0 Å². The summed E-state index contributed by atoms with van der Waals surface area (Å²) in [6.45, 7) is 2.23. The summed E-state index contributed by atoms with van der Waals surface area (Å²) in [4.78, 5) is 28.3. The Morgan fingerprint density at radius 2 is 1.76 bits per heavy atom. The number of carbonyl (C=O) groups is 2. The Bertz CT molecular complexity index is 1090. The van der Waals surface area contributed by atoms with Crippen molar-refractivity contribution in [3.63, 3.8) is 0 Å². The van der Waals surface area contributed by atoms with Crippen LogP contribution in [0.5, 0.6) is 0 Å². The standard InChI is InChI=1S/C23H18ClNO3S/c1-14-4-6-16(7-5-14)21(26)19-20(15-8-10-17(24)11-9-15)25(23(28)22(19)27)13-18-3-2-12-29-18/h2-12,20,26H,13H2,1H3/b21-19+. The highest BCUT2D eigenvalue weighted by Gasteiger charge is 2.46. The molecule has 1 atom stereocenters. The molecule has 0 spiro atoms. The molecule has 0 radical (unpaired) electrons. The Balaban J connectivity index is 1.86. The van der Waals surface area contributed by atoms with Crippen LogP contribution in [0.2, 0.25) is 5.02 Å². The van der Waals surface area contributed by atoms with E-state index in [1.807, 2.05) is 36.6 Å². The number of hydrogen-bond acceptors (Lipinski definition) is 4. The third-order valence-corrected chi connectivity index (χ3v) is 6.07. The first kappa shape index (κ1) is 19.4. The van der Waals surface area contributed by atoms with Gasteiger partial charge in [-0.3, -0.25) is 9.59 Å². The maximum atomic E-state index is 12.9. The van der Waals surface area contributed by atoms with Crippen molar-refractivity contribution in [2.75, 3.05) is 0 Å². The Morgan fingerprint density at radius 3 is 2.38 bits per heavy atom. The minimum atomic E-state index is -0.685. The first-order valence-corrected chi connectivity index (χ1v) is 10.3. The molecule has 1 fully saturated rings. The average Bonchev–Trinajstić information content (AvgIpc) is 3.31. The number of likely N-dealkylation sites (tertiary alicyclic amines) is 1. The summed E-state index contributed by atoms with van der Waals surface area (Å²) >= 11 is 7.55. The van der Waals surface area contributed by atoms with E-state index >= 15 is 0 Å². The number of amides is 1. The van der Waals surface area contributed by atoms with Crippen molar-refractivity contribution in [2.24, 2.45) is 0 Å². The van der Waals surface area contributed by atoms with Crippen LogP contribution in [0.15, 0.2) is 71.6 Å². The third-order valence-electron chi connectivity index (χ3n) is 4.96. The van der Waals surface area contributed by atoms with Gasteiger partial charge in [-0.15, -0.1) is 11.3 Å². The van der Waals surface area contributed by atoms with Gasteiger partial charge in [0.25, 0.3) is 11.7 Å². The summed E-state index contributed by atoms with van der Waals surface area (Å²) in [7, 11) is 0. The van der Waals surface area contributed by atoms with Crippen molar-refractivity contribution in [1.82, 2.24) is 4.90 Å². The van der Waals surface area contributed by atoms with E-state index in [4.69, 9.17) is 11.6 Å². The quantitative estimate of drug-likeness (QED) is 0.350. The monoisotopic (exact) mass is 423 g/mol. The van der Waals surface area contributed by atoms with Crippen LogP contribution < -0.4 is 0 Å². The normalized spacial score (nSPS) is 18.4. The summed E-state index contributed by atoms with van der Waals surface area (Å²) in [5.41, 5.74) is 2.36. The summed E-state index contributed by atoms with van der Waals surface area (Å²) in [5, 5.41) is 13.5. The van der Waals surface area contributed by atoms with Crippen molar-refractivity contribution >= 4 is 40.4 Å². The predicted octanol–water partition coefficient (Wildman–Crippen LogP) is 5.33. The molecule has 0 saturated carbocycles. The fourth-order valence-electron chi connectivity index (χ4n) is 3.47. The van der Waals surface area contributed by atoms with Gasteiger partial charge in [0.05, 0.1) is 18.2 Å². The van der Waals surface area contributed by atoms with Crippen molar-refractivity contribution in [1.29, 1.82) is 0 Å². The van der Waals surface area contributed by atoms with E-state index in [9.17, 15) is 14.7 Å². The largest absolute Gasteiger partial charge is 0.507 e. The highest BCUT2D eigenvalue weighted by Crippen LogP contribution is 2.40. The van der Waals surface area contributed by atoms with Crippen molar-refractivity contribution < 1.29 is 14.7 Å². The number of aliphatic hydroxyl groups excluding tert-OH is 1. The fourth-order valence-corrected chi connectivity index (χ4v) is 4.30. The topological polar surface area (TPSA) is 57.6 Å². The lowest BCUT2D eigenvalue weighted by atomic mass is 9.95. The Hall–Kier alpha value is -2.89. The molecule has 4 rings (SSSR count). The lowest BCUT2D eigenvalue weighted by Gasteiger charge is -2.25. The van der Waals surface area contributed by atoms with Gasteiger partial charge >= 0.3 is 0 Å². The van der Waals surface area contributed by atoms with E-state index in [0.29, 0.717) is 17.1 Å². The smallest absolute Gasteiger partial charge is 0.295 e. The zero-order valence-corrected chi connectivity index (χ0v) is 17.2. The lowest BCUT2D eigenvalue weighted by molar-refractivity contribution is -0.140. The van der Waals surface area contributed by atoms with Crippen LogP contribution in [-0.2, 0) is 16.1 Å². The molecule has 1 aromatic heterocycles. The highest BCUT2D eigenvalue weighted by atomic mass is 35.5. The van der Waals surface area contributed by atoms with E-state index in [-0.39, 0.29) is 11.3 Å². The SMILES string of the molecule is Cc1ccc(/C(O)=C2\C(=O)C(=O)N(Cc3cccs3)C2c2ccc(Cl)cc2)cc1. The first-order valence-electron chi connectivity index (χ1n) is 9.09. The molecule has 146 valence electrons. The number of ketones is 1. The van der Waals surface area contributed by atoms with Gasteiger partial charge in [0.15, 0.2) is 0 Å². The van der Waals surface area contributed by atoms with Gasteiger partial charge < -0.3 is 10.0 Å². The predicted molar refractivity (Wildman–Crippen MR) is 115 cm³/mol. The molecule has 3 aromatic rings. The van der Waals surface area contributed by atoms with E-state index in [2.05, 4.69) is 0 Å². The first-order chi connectivity index (χ1) is 14.0. The maximum Gasteiger partial charge on any atom is 0.295 e. The van der Waals surface area contributed by atoms with Crippen LogP contribution in [0.4, 0.5) is 0 Å². The molecule has 2 aromatic carbocycles.